The summed E-state index contributed by atoms with van der Waals surface area (Å²) < 4.78 is 10.8. The zero-order valence-corrected chi connectivity index (χ0v) is 14.0. The van der Waals surface area contributed by atoms with E-state index in [1.165, 1.54) is 18.6 Å². The first-order valence-corrected chi connectivity index (χ1v) is 8.28. The second kappa shape index (κ2) is 5.83. The van der Waals surface area contributed by atoms with E-state index in [0.29, 0.717) is 11.1 Å². The SMILES string of the molecule is C=C1C[C@](O)(c2ccco2)[C@](O)(c2ccco2)C1C(=O)c1ccccc1. The van der Waals surface area contributed by atoms with Gasteiger partial charge in [-0.1, -0.05) is 42.5 Å². The molecular weight excluding hydrogens is 332 g/mol. The molecular formula is C21H18O5. The molecule has 132 valence electrons. The van der Waals surface area contributed by atoms with Gasteiger partial charge in [0.2, 0.25) is 0 Å². The number of benzene rings is 1. The monoisotopic (exact) mass is 350 g/mol. The van der Waals surface area contributed by atoms with Crippen LogP contribution in [0.4, 0.5) is 0 Å². The highest BCUT2D eigenvalue weighted by Gasteiger charge is 2.67. The van der Waals surface area contributed by atoms with Gasteiger partial charge in [-0.3, -0.25) is 4.79 Å². The first kappa shape index (κ1) is 16.6. The van der Waals surface area contributed by atoms with Gasteiger partial charge in [-0.15, -0.1) is 0 Å². The number of hydrogen-bond acceptors (Lipinski definition) is 5. The molecule has 1 fully saturated rings. The van der Waals surface area contributed by atoms with Crippen molar-refractivity contribution >= 4 is 5.78 Å². The Hall–Kier alpha value is -2.89. The lowest BCUT2D eigenvalue weighted by Gasteiger charge is -2.37. The van der Waals surface area contributed by atoms with Crippen molar-refractivity contribution in [2.75, 3.05) is 0 Å². The lowest BCUT2D eigenvalue weighted by Crippen LogP contribution is -2.50. The molecule has 5 nitrogen and oxygen atoms in total. The van der Waals surface area contributed by atoms with Gasteiger partial charge in [0, 0.05) is 12.0 Å². The van der Waals surface area contributed by atoms with Crippen molar-refractivity contribution in [3.05, 3.63) is 96.4 Å². The zero-order chi connectivity index (χ0) is 18.4. The Morgan fingerprint density at radius 2 is 1.58 bits per heavy atom. The van der Waals surface area contributed by atoms with Crippen LogP contribution >= 0.6 is 0 Å². The Balaban J connectivity index is 1.91. The fraction of sp³-hybridized carbons (Fsp3) is 0.190. The third-order valence-electron chi connectivity index (χ3n) is 5.09. The van der Waals surface area contributed by atoms with Crippen LogP contribution in [-0.2, 0) is 11.2 Å². The van der Waals surface area contributed by atoms with Crippen LogP contribution in [-0.4, -0.2) is 16.0 Å². The topological polar surface area (TPSA) is 83.8 Å². The molecule has 4 rings (SSSR count). The minimum atomic E-state index is -2.04. The summed E-state index contributed by atoms with van der Waals surface area (Å²) in [4.78, 5) is 13.2. The Morgan fingerprint density at radius 1 is 0.962 bits per heavy atom. The number of carbonyl (C=O) groups is 1. The maximum absolute atomic E-state index is 13.2. The van der Waals surface area contributed by atoms with Crippen molar-refractivity contribution in [2.45, 2.75) is 17.6 Å². The lowest BCUT2D eigenvalue weighted by atomic mass is 9.74. The van der Waals surface area contributed by atoms with E-state index in [2.05, 4.69) is 6.58 Å². The molecule has 2 heterocycles. The van der Waals surface area contributed by atoms with Crippen molar-refractivity contribution in [3.8, 4) is 0 Å². The van der Waals surface area contributed by atoms with Crippen LogP contribution in [0.2, 0.25) is 0 Å². The van der Waals surface area contributed by atoms with E-state index in [9.17, 15) is 15.0 Å². The summed E-state index contributed by atoms with van der Waals surface area (Å²) in [7, 11) is 0. The number of Topliss-reactive ketones (excluding diaryl/α,β-unsaturated/α-hetero) is 1. The second-order valence-electron chi connectivity index (χ2n) is 6.58. The maximum atomic E-state index is 13.2. The van der Waals surface area contributed by atoms with Gasteiger partial charge < -0.3 is 19.0 Å². The van der Waals surface area contributed by atoms with Gasteiger partial charge >= 0.3 is 0 Å². The van der Waals surface area contributed by atoms with Crippen molar-refractivity contribution in [3.63, 3.8) is 0 Å². The zero-order valence-electron chi connectivity index (χ0n) is 14.0. The van der Waals surface area contributed by atoms with Gasteiger partial charge in [-0.05, 0) is 24.3 Å². The molecule has 0 aliphatic heterocycles. The number of furan rings is 2. The molecule has 0 spiro atoms. The van der Waals surface area contributed by atoms with Crippen molar-refractivity contribution in [2.24, 2.45) is 5.92 Å². The van der Waals surface area contributed by atoms with E-state index in [4.69, 9.17) is 8.83 Å². The summed E-state index contributed by atoms with van der Waals surface area (Å²) in [5.41, 5.74) is -3.08. The number of ketones is 1. The summed E-state index contributed by atoms with van der Waals surface area (Å²) in [6.45, 7) is 3.97. The van der Waals surface area contributed by atoms with Crippen LogP contribution in [0.5, 0.6) is 0 Å². The standard InChI is InChI=1S/C21H18O5/c1-14-13-20(23,16-9-5-11-25-16)21(24,17-10-6-12-26-17)18(14)19(22)15-7-3-2-4-8-15/h2-12,18,23-24H,1,13H2/t18?,20-,21-/m0/s1. The van der Waals surface area contributed by atoms with E-state index in [0.717, 1.165) is 0 Å². The van der Waals surface area contributed by atoms with Crippen LogP contribution < -0.4 is 0 Å². The maximum Gasteiger partial charge on any atom is 0.173 e. The lowest BCUT2D eigenvalue weighted by molar-refractivity contribution is -0.174. The average molecular weight is 350 g/mol. The molecule has 5 heteroatoms. The third-order valence-corrected chi connectivity index (χ3v) is 5.09. The van der Waals surface area contributed by atoms with Gasteiger partial charge in [0.05, 0.1) is 18.4 Å². The molecule has 0 bridgehead atoms. The molecule has 0 radical (unpaired) electrons. The second-order valence-corrected chi connectivity index (χ2v) is 6.58. The summed E-state index contributed by atoms with van der Waals surface area (Å²) >= 11 is 0. The predicted molar refractivity (Wildman–Crippen MR) is 93.2 cm³/mol. The molecule has 1 unspecified atom stereocenters. The van der Waals surface area contributed by atoms with Crippen molar-refractivity contribution in [1.29, 1.82) is 0 Å². The van der Waals surface area contributed by atoms with Crippen LogP contribution in [0.15, 0.2) is 88.1 Å². The summed E-state index contributed by atoms with van der Waals surface area (Å²) in [5, 5.41) is 23.2. The Labute approximate surface area is 150 Å². The first-order chi connectivity index (χ1) is 12.5. The minimum Gasteiger partial charge on any atom is -0.466 e. The molecule has 2 N–H and O–H groups in total. The molecule has 3 aromatic rings. The molecule has 26 heavy (non-hydrogen) atoms. The minimum absolute atomic E-state index is 0.0268. The van der Waals surface area contributed by atoms with Gasteiger partial charge in [-0.2, -0.15) is 0 Å². The van der Waals surface area contributed by atoms with Crippen molar-refractivity contribution < 1.29 is 23.8 Å². The molecule has 1 aliphatic rings. The molecule has 1 aliphatic carbocycles. The Kier molecular flexibility index (Phi) is 3.72. The van der Waals surface area contributed by atoms with Gasteiger partial charge in [0.25, 0.3) is 0 Å². The molecule has 0 saturated heterocycles. The fourth-order valence-corrected chi connectivity index (χ4v) is 3.87. The van der Waals surface area contributed by atoms with E-state index in [1.54, 1.807) is 48.5 Å². The van der Waals surface area contributed by atoms with Gasteiger partial charge in [-0.25, -0.2) is 0 Å². The third kappa shape index (κ3) is 2.14. The van der Waals surface area contributed by atoms with Crippen LogP contribution in [0.1, 0.15) is 28.3 Å². The Bertz CT molecular complexity index is 926. The van der Waals surface area contributed by atoms with Crippen molar-refractivity contribution in [1.82, 2.24) is 0 Å². The van der Waals surface area contributed by atoms with E-state index in [-0.39, 0.29) is 23.7 Å². The van der Waals surface area contributed by atoms with E-state index in [1.807, 2.05) is 0 Å². The summed E-state index contributed by atoms with van der Waals surface area (Å²) in [6.07, 6.45) is 2.77. The first-order valence-electron chi connectivity index (χ1n) is 8.28. The van der Waals surface area contributed by atoms with Crippen LogP contribution in [0, 0.1) is 5.92 Å². The van der Waals surface area contributed by atoms with Gasteiger partial charge in [0.15, 0.2) is 17.0 Å². The number of hydrogen-bond donors (Lipinski definition) is 2. The summed E-state index contributed by atoms with van der Waals surface area (Å²) in [5.74, 6) is -1.17. The molecule has 2 aromatic heterocycles. The van der Waals surface area contributed by atoms with Gasteiger partial charge in [0.1, 0.15) is 11.5 Å². The highest BCUT2D eigenvalue weighted by Crippen LogP contribution is 2.58. The molecule has 1 aromatic carbocycles. The number of carbonyl (C=O) groups excluding carboxylic acids is 1. The Morgan fingerprint density at radius 3 is 2.15 bits per heavy atom. The average Bonchev–Trinajstić information content (AvgIpc) is 3.38. The van der Waals surface area contributed by atoms with E-state index < -0.39 is 17.1 Å². The molecule has 1 saturated carbocycles. The predicted octanol–water partition coefficient (Wildman–Crippen LogP) is 3.41. The van der Waals surface area contributed by atoms with Crippen LogP contribution in [0.25, 0.3) is 0 Å². The van der Waals surface area contributed by atoms with E-state index >= 15 is 0 Å². The highest BCUT2D eigenvalue weighted by molar-refractivity contribution is 6.01. The smallest absolute Gasteiger partial charge is 0.173 e. The normalized spacial score (nSPS) is 28.4. The molecule has 0 amide bonds. The number of aliphatic hydroxyl groups is 2. The quantitative estimate of drug-likeness (QED) is 0.556. The largest absolute Gasteiger partial charge is 0.466 e. The van der Waals surface area contributed by atoms with Crippen LogP contribution in [0.3, 0.4) is 0 Å². The highest BCUT2D eigenvalue weighted by atomic mass is 16.4. The number of rotatable bonds is 4. The summed E-state index contributed by atoms with van der Waals surface area (Å²) in [6, 6.07) is 15.0. The molecule has 3 atom stereocenters. The fourth-order valence-electron chi connectivity index (χ4n) is 3.87.